The first-order valence-electron chi connectivity index (χ1n) is 7.56. The normalized spacial score (nSPS) is 26.3. The molecular formula is C15H24N2O3. The predicted octanol–water partition coefficient (Wildman–Crippen LogP) is 3.26. The molecule has 1 saturated carbocycles. The van der Waals surface area contributed by atoms with E-state index in [2.05, 4.69) is 30.9 Å². The van der Waals surface area contributed by atoms with Gasteiger partial charge in [0, 0.05) is 6.42 Å². The second-order valence-corrected chi connectivity index (χ2v) is 6.28. The van der Waals surface area contributed by atoms with Crippen LogP contribution < -0.4 is 0 Å². The van der Waals surface area contributed by atoms with Crippen molar-refractivity contribution < 1.29 is 14.4 Å². The van der Waals surface area contributed by atoms with E-state index in [1.807, 2.05) is 0 Å². The molecule has 20 heavy (non-hydrogen) atoms. The lowest BCUT2D eigenvalue weighted by Gasteiger charge is -2.10. The fourth-order valence-electron chi connectivity index (χ4n) is 2.96. The lowest BCUT2D eigenvalue weighted by Crippen LogP contribution is -2.17. The van der Waals surface area contributed by atoms with Gasteiger partial charge in [-0.05, 0) is 31.1 Å². The average molecular weight is 280 g/mol. The van der Waals surface area contributed by atoms with E-state index in [1.165, 1.54) is 0 Å². The van der Waals surface area contributed by atoms with Crippen LogP contribution in [-0.2, 0) is 11.2 Å². The molecule has 1 aliphatic carbocycles. The van der Waals surface area contributed by atoms with Gasteiger partial charge >= 0.3 is 5.97 Å². The summed E-state index contributed by atoms with van der Waals surface area (Å²) >= 11 is 0. The Morgan fingerprint density at radius 2 is 2.20 bits per heavy atom. The first-order valence-corrected chi connectivity index (χ1v) is 7.56. The van der Waals surface area contributed by atoms with E-state index in [4.69, 9.17) is 4.52 Å². The Balaban J connectivity index is 2.07. The van der Waals surface area contributed by atoms with Crippen molar-refractivity contribution in [3.8, 4) is 0 Å². The number of rotatable bonds is 6. The Morgan fingerprint density at radius 1 is 1.45 bits per heavy atom. The molecule has 0 bridgehead atoms. The summed E-state index contributed by atoms with van der Waals surface area (Å²) in [5.41, 5.74) is 0. The summed E-state index contributed by atoms with van der Waals surface area (Å²) in [4.78, 5) is 15.8. The Bertz CT molecular complexity index is 456. The smallest absolute Gasteiger partial charge is 0.307 e. The van der Waals surface area contributed by atoms with Crippen LogP contribution in [0.5, 0.6) is 0 Å². The van der Waals surface area contributed by atoms with Crippen molar-refractivity contribution in [3.63, 3.8) is 0 Å². The molecule has 1 N–H and O–H groups in total. The summed E-state index contributed by atoms with van der Waals surface area (Å²) in [6.45, 7) is 6.42. The number of carboxylic acid groups (broad SMARTS) is 1. The molecule has 0 radical (unpaired) electrons. The van der Waals surface area contributed by atoms with E-state index >= 15 is 0 Å². The van der Waals surface area contributed by atoms with Gasteiger partial charge in [-0.1, -0.05) is 32.3 Å². The molecule has 3 unspecified atom stereocenters. The van der Waals surface area contributed by atoms with Gasteiger partial charge in [-0.2, -0.15) is 4.98 Å². The van der Waals surface area contributed by atoms with Crippen LogP contribution in [0.25, 0.3) is 0 Å². The fourth-order valence-corrected chi connectivity index (χ4v) is 2.96. The number of hydrogen-bond acceptors (Lipinski definition) is 4. The van der Waals surface area contributed by atoms with Gasteiger partial charge in [0.15, 0.2) is 5.82 Å². The number of carboxylic acids is 1. The molecule has 1 aromatic rings. The molecular weight excluding hydrogens is 256 g/mol. The quantitative estimate of drug-likeness (QED) is 0.865. The highest BCUT2D eigenvalue weighted by Crippen LogP contribution is 2.43. The first kappa shape index (κ1) is 15.0. The van der Waals surface area contributed by atoms with Gasteiger partial charge in [-0.15, -0.1) is 0 Å². The van der Waals surface area contributed by atoms with Gasteiger partial charge in [0.05, 0.1) is 11.8 Å². The maximum absolute atomic E-state index is 11.4. The third-order valence-electron chi connectivity index (χ3n) is 4.30. The van der Waals surface area contributed by atoms with Crippen molar-refractivity contribution in [2.24, 2.45) is 17.8 Å². The van der Waals surface area contributed by atoms with Crippen LogP contribution in [0.1, 0.15) is 64.1 Å². The van der Waals surface area contributed by atoms with E-state index in [-0.39, 0.29) is 11.8 Å². The van der Waals surface area contributed by atoms with Crippen LogP contribution >= 0.6 is 0 Å². The Kier molecular flexibility index (Phi) is 4.78. The van der Waals surface area contributed by atoms with Crippen LogP contribution in [-0.4, -0.2) is 21.2 Å². The lowest BCUT2D eigenvalue weighted by atomic mass is 9.96. The third-order valence-corrected chi connectivity index (χ3v) is 4.30. The molecule has 1 aromatic heterocycles. The maximum atomic E-state index is 11.4. The minimum absolute atomic E-state index is 0.113. The number of aliphatic carboxylic acids is 1. The summed E-state index contributed by atoms with van der Waals surface area (Å²) in [5.74, 6) is 1.04. The topological polar surface area (TPSA) is 76.2 Å². The standard InChI is InChI=1S/C15H24N2O3/c1-4-10-7-11(12(8-10)15(18)19)14-16-13(17-20-14)6-5-9(2)3/h9-12H,4-8H2,1-3H3,(H,18,19). The molecule has 5 nitrogen and oxygen atoms in total. The summed E-state index contributed by atoms with van der Waals surface area (Å²) in [6.07, 6.45) is 4.39. The van der Waals surface area contributed by atoms with Crippen molar-refractivity contribution in [1.29, 1.82) is 0 Å². The van der Waals surface area contributed by atoms with E-state index in [0.717, 1.165) is 32.1 Å². The molecule has 2 rings (SSSR count). The van der Waals surface area contributed by atoms with E-state index in [9.17, 15) is 9.90 Å². The fraction of sp³-hybridized carbons (Fsp3) is 0.800. The van der Waals surface area contributed by atoms with Crippen LogP contribution in [0.4, 0.5) is 0 Å². The molecule has 0 amide bonds. The number of hydrogen-bond donors (Lipinski definition) is 1. The summed E-state index contributed by atoms with van der Waals surface area (Å²) in [6, 6.07) is 0. The largest absolute Gasteiger partial charge is 0.481 e. The van der Waals surface area contributed by atoms with Gasteiger partial charge in [0.2, 0.25) is 5.89 Å². The van der Waals surface area contributed by atoms with Crippen LogP contribution in [0, 0.1) is 17.8 Å². The zero-order valence-corrected chi connectivity index (χ0v) is 12.5. The molecule has 1 heterocycles. The molecule has 1 fully saturated rings. The van der Waals surface area contributed by atoms with Crippen LogP contribution in [0.3, 0.4) is 0 Å². The Morgan fingerprint density at radius 3 is 2.80 bits per heavy atom. The summed E-state index contributed by atoms with van der Waals surface area (Å²) in [7, 11) is 0. The third kappa shape index (κ3) is 3.38. The number of aryl methyl sites for hydroxylation is 1. The predicted molar refractivity (Wildman–Crippen MR) is 74.3 cm³/mol. The van der Waals surface area contributed by atoms with Gasteiger partial charge in [0.25, 0.3) is 0 Å². The maximum Gasteiger partial charge on any atom is 0.307 e. The highest BCUT2D eigenvalue weighted by molar-refractivity contribution is 5.71. The molecule has 112 valence electrons. The van der Waals surface area contributed by atoms with Crippen LogP contribution in [0.2, 0.25) is 0 Å². The molecule has 0 saturated heterocycles. The molecule has 3 atom stereocenters. The highest BCUT2D eigenvalue weighted by Gasteiger charge is 2.41. The van der Waals surface area contributed by atoms with Crippen LogP contribution in [0.15, 0.2) is 4.52 Å². The van der Waals surface area contributed by atoms with Crippen molar-refractivity contribution in [1.82, 2.24) is 10.1 Å². The highest BCUT2D eigenvalue weighted by atomic mass is 16.5. The Labute approximate surface area is 119 Å². The van der Waals surface area contributed by atoms with Crippen molar-refractivity contribution >= 4 is 5.97 Å². The lowest BCUT2D eigenvalue weighted by molar-refractivity contribution is -0.142. The molecule has 1 aliphatic rings. The van der Waals surface area contributed by atoms with Gasteiger partial charge in [0.1, 0.15) is 0 Å². The van der Waals surface area contributed by atoms with Gasteiger partial charge in [-0.25, -0.2) is 0 Å². The second-order valence-electron chi connectivity index (χ2n) is 6.28. The summed E-state index contributed by atoms with van der Waals surface area (Å²) < 4.78 is 5.33. The molecule has 5 heteroatoms. The number of aromatic nitrogens is 2. The first-order chi connectivity index (χ1) is 9.51. The molecule has 0 spiro atoms. The minimum Gasteiger partial charge on any atom is -0.481 e. The molecule has 0 aromatic carbocycles. The van der Waals surface area contributed by atoms with E-state index < -0.39 is 5.97 Å². The molecule has 0 aliphatic heterocycles. The van der Waals surface area contributed by atoms with Crippen molar-refractivity contribution in [3.05, 3.63) is 11.7 Å². The number of nitrogens with zero attached hydrogens (tertiary/aromatic N) is 2. The minimum atomic E-state index is -0.743. The van der Waals surface area contributed by atoms with E-state index in [1.54, 1.807) is 0 Å². The van der Waals surface area contributed by atoms with Crippen molar-refractivity contribution in [2.75, 3.05) is 0 Å². The van der Waals surface area contributed by atoms with Gasteiger partial charge < -0.3 is 9.63 Å². The zero-order chi connectivity index (χ0) is 14.7. The van der Waals surface area contributed by atoms with Gasteiger partial charge in [-0.3, -0.25) is 4.79 Å². The SMILES string of the molecule is CCC1CC(C(=O)O)C(c2nc(CCC(C)C)no2)C1. The average Bonchev–Trinajstić information content (AvgIpc) is 3.02. The zero-order valence-electron chi connectivity index (χ0n) is 12.5. The van der Waals surface area contributed by atoms with Crippen molar-refractivity contribution in [2.45, 2.75) is 58.8 Å². The monoisotopic (exact) mass is 280 g/mol. The number of carbonyl (C=O) groups is 1. The Hall–Kier alpha value is -1.39. The van der Waals surface area contributed by atoms with E-state index in [0.29, 0.717) is 23.6 Å². The summed E-state index contributed by atoms with van der Waals surface area (Å²) in [5, 5.41) is 13.3. The second kappa shape index (κ2) is 6.37.